The van der Waals surface area contributed by atoms with Crippen molar-refractivity contribution in [3.05, 3.63) is 53.7 Å². The maximum atomic E-state index is 12.7. The predicted molar refractivity (Wildman–Crippen MR) is 124 cm³/mol. The van der Waals surface area contributed by atoms with Gasteiger partial charge in [-0.05, 0) is 42.3 Å². The van der Waals surface area contributed by atoms with Gasteiger partial charge in [-0.15, -0.1) is 0 Å². The number of fused-ring (bicyclic) bond motifs is 1. The zero-order valence-electron chi connectivity index (χ0n) is 17.4. The number of morpholine rings is 1. The molecule has 0 aliphatic carbocycles. The van der Waals surface area contributed by atoms with Crippen LogP contribution in [-0.2, 0) is 4.74 Å². The molecule has 160 valence electrons. The highest BCUT2D eigenvalue weighted by Gasteiger charge is 2.21. The lowest BCUT2D eigenvalue weighted by Crippen LogP contribution is -2.43. The van der Waals surface area contributed by atoms with Crippen molar-refractivity contribution in [1.82, 2.24) is 20.1 Å². The largest absolute Gasteiger partial charge is 0.378 e. The number of urea groups is 1. The highest BCUT2D eigenvalue weighted by Crippen LogP contribution is 2.40. The third-order valence-corrected chi connectivity index (χ3v) is 6.45. The van der Waals surface area contributed by atoms with Crippen molar-refractivity contribution < 1.29 is 9.53 Å². The van der Waals surface area contributed by atoms with Crippen LogP contribution < -0.4 is 5.32 Å². The molecule has 4 aromatic rings. The van der Waals surface area contributed by atoms with Crippen molar-refractivity contribution in [3.8, 4) is 27.8 Å². The van der Waals surface area contributed by atoms with Gasteiger partial charge in [0.25, 0.3) is 0 Å². The van der Waals surface area contributed by atoms with Gasteiger partial charge in [0.2, 0.25) is 0 Å². The highest BCUT2D eigenvalue weighted by atomic mass is 32.1. The number of hydrogen-bond donors (Lipinski definition) is 2. The summed E-state index contributed by atoms with van der Waals surface area (Å²) >= 11 is 1.41. The smallest absolute Gasteiger partial charge is 0.323 e. The summed E-state index contributed by atoms with van der Waals surface area (Å²) in [6.45, 7) is 4.21. The summed E-state index contributed by atoms with van der Waals surface area (Å²) in [6, 6.07) is 13.5. The van der Waals surface area contributed by atoms with Gasteiger partial charge in [-0.3, -0.25) is 10.4 Å². The minimum Gasteiger partial charge on any atom is -0.378 e. The molecule has 3 heterocycles. The Bertz CT molecular complexity index is 1350. The molecule has 5 rings (SSSR count). The van der Waals surface area contributed by atoms with Gasteiger partial charge in [0.1, 0.15) is 0 Å². The first kappa shape index (κ1) is 20.2. The predicted octanol–water partition coefficient (Wildman–Crippen LogP) is 4.40. The summed E-state index contributed by atoms with van der Waals surface area (Å²) in [5.74, 6) is 0. The van der Waals surface area contributed by atoms with E-state index in [1.54, 1.807) is 11.0 Å². The summed E-state index contributed by atoms with van der Waals surface area (Å²) in [5, 5.41) is 21.0. The molecule has 0 radical (unpaired) electrons. The molecule has 0 bridgehead atoms. The zero-order valence-corrected chi connectivity index (χ0v) is 18.2. The van der Waals surface area contributed by atoms with Crippen LogP contribution in [0.25, 0.3) is 32.6 Å². The van der Waals surface area contributed by atoms with Gasteiger partial charge in [-0.25, -0.2) is 9.78 Å². The second-order valence-corrected chi connectivity index (χ2v) is 8.54. The number of nitrogens with zero attached hydrogens (tertiary/aromatic N) is 4. The molecule has 9 heteroatoms. The molecular weight excluding hydrogens is 424 g/mol. The van der Waals surface area contributed by atoms with Gasteiger partial charge < -0.3 is 9.64 Å². The van der Waals surface area contributed by atoms with E-state index in [1.807, 2.05) is 37.4 Å². The lowest BCUT2D eigenvalue weighted by molar-refractivity contribution is 0.0564. The first-order valence-electron chi connectivity index (χ1n) is 10.2. The number of carbonyl (C=O) groups is 1. The van der Waals surface area contributed by atoms with E-state index in [2.05, 4.69) is 27.6 Å². The third-order valence-electron chi connectivity index (χ3n) is 5.43. The number of benzene rings is 2. The molecule has 2 aromatic heterocycles. The van der Waals surface area contributed by atoms with Crippen molar-refractivity contribution in [1.29, 1.82) is 5.26 Å². The second-order valence-electron chi connectivity index (χ2n) is 7.54. The number of aromatic nitrogens is 3. The van der Waals surface area contributed by atoms with E-state index in [4.69, 9.17) is 9.72 Å². The van der Waals surface area contributed by atoms with Gasteiger partial charge in [0, 0.05) is 24.0 Å². The molecule has 8 nitrogen and oxygen atoms in total. The Morgan fingerprint density at radius 1 is 1.25 bits per heavy atom. The number of aryl methyl sites for hydroxylation is 1. The number of ether oxygens (including phenoxy) is 1. The molecule has 1 aliphatic rings. The van der Waals surface area contributed by atoms with Crippen LogP contribution in [0.3, 0.4) is 0 Å². The van der Waals surface area contributed by atoms with Crippen LogP contribution in [0.4, 0.5) is 9.93 Å². The number of H-pyrrole nitrogens is 1. The van der Waals surface area contributed by atoms with Gasteiger partial charge in [0.15, 0.2) is 5.13 Å². The second kappa shape index (κ2) is 8.42. The summed E-state index contributed by atoms with van der Waals surface area (Å²) in [5.41, 5.74) is 5.10. The maximum absolute atomic E-state index is 12.7. The number of nitrogens with one attached hydrogen (secondary N) is 2. The van der Waals surface area contributed by atoms with Gasteiger partial charge >= 0.3 is 6.03 Å². The van der Waals surface area contributed by atoms with Crippen LogP contribution in [-0.4, -0.2) is 52.4 Å². The fourth-order valence-corrected chi connectivity index (χ4v) is 4.76. The van der Waals surface area contributed by atoms with Crippen molar-refractivity contribution in [2.45, 2.75) is 6.92 Å². The molecular formula is C23H20N6O2S. The number of carbonyl (C=O) groups excluding carboxylic acids is 1. The molecule has 2 N–H and O–H groups in total. The number of anilines is 1. The number of nitriles is 1. The van der Waals surface area contributed by atoms with Gasteiger partial charge in [-0.2, -0.15) is 10.4 Å². The Kier molecular flexibility index (Phi) is 5.31. The molecule has 32 heavy (non-hydrogen) atoms. The first-order chi connectivity index (χ1) is 15.6. The molecule has 0 atom stereocenters. The molecule has 1 fully saturated rings. The summed E-state index contributed by atoms with van der Waals surface area (Å²) < 4.78 is 5.33. The fourth-order valence-electron chi connectivity index (χ4n) is 3.80. The number of hydrogen-bond acceptors (Lipinski definition) is 6. The molecule has 0 unspecified atom stereocenters. The Morgan fingerprint density at radius 2 is 2.09 bits per heavy atom. The van der Waals surface area contributed by atoms with E-state index >= 15 is 0 Å². The molecule has 1 aliphatic heterocycles. The van der Waals surface area contributed by atoms with Crippen LogP contribution in [0.1, 0.15) is 11.1 Å². The van der Waals surface area contributed by atoms with Crippen LogP contribution in [0.5, 0.6) is 0 Å². The lowest BCUT2D eigenvalue weighted by atomic mass is 10.0. The SMILES string of the molecule is Cc1cc(-c2sc(NC(=O)N3CCOCC3)nc2-c2cccc(C#N)c2)cc2[nH]ncc12. The minimum atomic E-state index is -0.189. The van der Waals surface area contributed by atoms with Crippen LogP contribution in [0.15, 0.2) is 42.6 Å². The standard InChI is InChI=1S/C23H20N6O2S/c1-14-9-17(11-19-18(14)13-25-28-19)21-20(16-4-2-3-15(10-16)12-24)26-22(32-21)27-23(30)29-5-7-31-8-6-29/h2-4,9-11,13H,5-8H2,1H3,(H,25,28)(H,26,27,30). The van der Waals surface area contributed by atoms with Crippen LogP contribution in [0, 0.1) is 18.3 Å². The monoisotopic (exact) mass is 444 g/mol. The Balaban J connectivity index is 1.58. The first-order valence-corrected chi connectivity index (χ1v) is 11.0. The van der Waals surface area contributed by atoms with E-state index in [0.717, 1.165) is 38.2 Å². The van der Waals surface area contributed by atoms with E-state index in [9.17, 15) is 10.1 Å². The van der Waals surface area contributed by atoms with Crippen LogP contribution in [0.2, 0.25) is 0 Å². The average molecular weight is 445 g/mol. The average Bonchev–Trinajstić information content (AvgIpc) is 3.47. The molecule has 2 aromatic carbocycles. The third kappa shape index (κ3) is 3.82. The number of aromatic amines is 1. The Morgan fingerprint density at radius 3 is 2.91 bits per heavy atom. The molecule has 1 saturated heterocycles. The molecule has 0 saturated carbocycles. The quantitative estimate of drug-likeness (QED) is 0.487. The van der Waals surface area contributed by atoms with Crippen molar-refractivity contribution in [3.63, 3.8) is 0 Å². The number of thiazole rings is 1. The van der Waals surface area contributed by atoms with E-state index in [1.165, 1.54) is 11.3 Å². The normalized spacial score (nSPS) is 13.8. The fraction of sp³-hybridized carbons (Fsp3) is 0.217. The zero-order chi connectivity index (χ0) is 22.1. The van der Waals surface area contributed by atoms with E-state index in [-0.39, 0.29) is 6.03 Å². The Labute approximate surface area is 188 Å². The lowest BCUT2D eigenvalue weighted by Gasteiger charge is -2.26. The summed E-state index contributed by atoms with van der Waals surface area (Å²) in [6.07, 6.45) is 1.81. The number of rotatable bonds is 3. The van der Waals surface area contributed by atoms with Crippen molar-refractivity contribution in [2.24, 2.45) is 0 Å². The maximum Gasteiger partial charge on any atom is 0.323 e. The Hall–Kier alpha value is -3.74. The van der Waals surface area contributed by atoms with Crippen molar-refractivity contribution in [2.75, 3.05) is 31.6 Å². The summed E-state index contributed by atoms with van der Waals surface area (Å²) in [4.78, 5) is 20.1. The minimum absolute atomic E-state index is 0.189. The van der Waals surface area contributed by atoms with E-state index in [0.29, 0.717) is 37.0 Å². The number of amides is 2. The molecule has 0 spiro atoms. The topological polar surface area (TPSA) is 107 Å². The van der Waals surface area contributed by atoms with E-state index < -0.39 is 0 Å². The highest BCUT2D eigenvalue weighted by molar-refractivity contribution is 7.19. The van der Waals surface area contributed by atoms with Gasteiger partial charge in [-0.1, -0.05) is 23.5 Å². The van der Waals surface area contributed by atoms with Crippen molar-refractivity contribution >= 4 is 33.4 Å². The molecule has 2 amide bonds. The van der Waals surface area contributed by atoms with Gasteiger partial charge in [0.05, 0.1) is 47.1 Å². The summed E-state index contributed by atoms with van der Waals surface area (Å²) in [7, 11) is 0. The van der Waals surface area contributed by atoms with Crippen LogP contribution >= 0.6 is 11.3 Å².